The van der Waals surface area contributed by atoms with E-state index in [-0.39, 0.29) is 11.6 Å². The van der Waals surface area contributed by atoms with Crippen molar-refractivity contribution < 1.29 is 9.90 Å². The number of likely N-dealkylation sites (N-methyl/N-ethyl adjacent to an activating group) is 1. The molecule has 2 atom stereocenters. The smallest absolute Gasteiger partial charge is 0.341 e. The monoisotopic (exact) mass is 401 g/mol. The van der Waals surface area contributed by atoms with Crippen molar-refractivity contribution in [1.29, 1.82) is 0 Å². The van der Waals surface area contributed by atoms with Gasteiger partial charge < -0.3 is 19.5 Å². The normalized spacial score (nSPS) is 22.1. The lowest BCUT2D eigenvalue weighted by Crippen LogP contribution is -2.50. The van der Waals surface area contributed by atoms with Crippen LogP contribution >= 0.6 is 11.6 Å². The second-order valence-electron chi connectivity index (χ2n) is 7.71. The number of benzene rings is 1. The Bertz CT molecular complexity index is 1060. The molecule has 6 nitrogen and oxygen atoms in total. The van der Waals surface area contributed by atoms with Gasteiger partial charge in [-0.15, -0.1) is 0 Å². The predicted octanol–water partition coefficient (Wildman–Crippen LogP) is 3.47. The Morgan fingerprint density at radius 1 is 1.36 bits per heavy atom. The number of carbonyl (C=O) groups is 1. The highest BCUT2D eigenvalue weighted by Crippen LogP contribution is 2.41. The second kappa shape index (κ2) is 6.94. The zero-order chi connectivity index (χ0) is 20.2. The van der Waals surface area contributed by atoms with Crippen LogP contribution in [0.15, 0.2) is 23.1 Å². The molecule has 0 aliphatic carbocycles. The number of rotatable bonds is 3. The Balaban J connectivity index is 2.01. The number of piperazine rings is 1. The second-order valence-corrected chi connectivity index (χ2v) is 8.12. The molecule has 2 aliphatic rings. The fraction of sp³-hybridized carbons (Fsp3) is 0.429. The van der Waals surface area contributed by atoms with Crippen LogP contribution in [0.4, 0.5) is 5.69 Å². The fourth-order valence-corrected chi connectivity index (χ4v) is 4.62. The van der Waals surface area contributed by atoms with Gasteiger partial charge in [0.05, 0.1) is 22.3 Å². The molecule has 0 bridgehead atoms. The molecule has 2 aromatic rings. The van der Waals surface area contributed by atoms with Crippen molar-refractivity contribution in [2.75, 3.05) is 31.6 Å². The third-order valence-electron chi connectivity index (χ3n) is 6.05. The number of anilines is 1. The predicted molar refractivity (Wildman–Crippen MR) is 113 cm³/mol. The zero-order valence-corrected chi connectivity index (χ0v) is 17.0. The molecule has 1 aromatic carbocycles. The minimum atomic E-state index is -1.21. The van der Waals surface area contributed by atoms with Gasteiger partial charge in [-0.3, -0.25) is 4.79 Å². The average Bonchev–Trinajstić information content (AvgIpc) is 2.66. The summed E-state index contributed by atoms with van der Waals surface area (Å²) in [6, 6.07) is 2.05. The molecule has 0 saturated carbocycles. The summed E-state index contributed by atoms with van der Waals surface area (Å²) in [4.78, 5) is 29.1. The first-order valence-corrected chi connectivity index (χ1v) is 9.99. The Morgan fingerprint density at radius 2 is 2.11 bits per heavy atom. The van der Waals surface area contributed by atoms with E-state index in [1.165, 1.54) is 6.20 Å². The molecule has 0 spiro atoms. The van der Waals surface area contributed by atoms with Gasteiger partial charge in [0.15, 0.2) is 0 Å². The van der Waals surface area contributed by atoms with Crippen LogP contribution in [0.25, 0.3) is 17.0 Å². The minimum Gasteiger partial charge on any atom is -0.477 e. The van der Waals surface area contributed by atoms with Crippen molar-refractivity contribution >= 4 is 40.2 Å². The van der Waals surface area contributed by atoms with Crippen LogP contribution in [0.5, 0.6) is 0 Å². The Labute approximate surface area is 168 Å². The number of nitrogens with zero attached hydrogens (tertiary/aromatic N) is 3. The standard InChI is InChI=1S/C21H24ClN3O3/c1-4-13-5-6-14-18-15(20(26)16(21(27)28)11-25(13)18)9-17(22)19(14)24-8-7-23(3)12(2)10-24/h5-6,9,11-13H,4,7-8,10H2,1-3H3,(H,27,28). The van der Waals surface area contributed by atoms with Gasteiger partial charge in [0.1, 0.15) is 5.56 Å². The topological polar surface area (TPSA) is 65.8 Å². The Hall–Kier alpha value is -2.31. The highest BCUT2D eigenvalue weighted by Gasteiger charge is 2.29. The molecule has 148 valence electrons. The molecule has 0 amide bonds. The van der Waals surface area contributed by atoms with Gasteiger partial charge in [-0.25, -0.2) is 4.79 Å². The Kier molecular flexibility index (Phi) is 4.71. The molecule has 7 heteroatoms. The van der Waals surface area contributed by atoms with Crippen LogP contribution in [-0.2, 0) is 0 Å². The summed E-state index contributed by atoms with van der Waals surface area (Å²) in [5.41, 5.74) is 1.90. The summed E-state index contributed by atoms with van der Waals surface area (Å²) in [7, 11) is 2.12. The molecule has 1 aromatic heterocycles. The fourth-order valence-electron chi connectivity index (χ4n) is 4.29. The van der Waals surface area contributed by atoms with E-state index in [1.807, 2.05) is 17.6 Å². The number of pyridine rings is 1. The quantitative estimate of drug-likeness (QED) is 0.853. The number of halogens is 1. The van der Waals surface area contributed by atoms with Crippen LogP contribution < -0.4 is 10.3 Å². The van der Waals surface area contributed by atoms with Crippen LogP contribution in [0.1, 0.15) is 42.2 Å². The van der Waals surface area contributed by atoms with Crippen LogP contribution in [0.2, 0.25) is 5.02 Å². The third kappa shape index (κ3) is 2.83. The molecular formula is C21H24ClN3O3. The number of aromatic carboxylic acids is 1. The van der Waals surface area contributed by atoms with E-state index >= 15 is 0 Å². The SMILES string of the molecule is CCC1C=Cc2c(N3CCN(C)C(C)C3)c(Cl)cc3c(=O)c(C(=O)O)cn1c23. The van der Waals surface area contributed by atoms with Gasteiger partial charge in [-0.2, -0.15) is 0 Å². The summed E-state index contributed by atoms with van der Waals surface area (Å²) < 4.78 is 1.93. The largest absolute Gasteiger partial charge is 0.477 e. The van der Waals surface area contributed by atoms with Crippen molar-refractivity contribution in [3.8, 4) is 0 Å². The summed E-state index contributed by atoms with van der Waals surface area (Å²) >= 11 is 6.67. The number of allylic oxidation sites excluding steroid dienone is 1. The molecular weight excluding hydrogens is 378 g/mol. The zero-order valence-electron chi connectivity index (χ0n) is 16.3. The highest BCUT2D eigenvalue weighted by atomic mass is 35.5. The van der Waals surface area contributed by atoms with Gasteiger partial charge in [-0.05, 0) is 26.5 Å². The summed E-state index contributed by atoms with van der Waals surface area (Å²) in [5.74, 6) is -1.21. The van der Waals surface area contributed by atoms with Crippen molar-refractivity contribution in [3.05, 3.63) is 44.7 Å². The van der Waals surface area contributed by atoms with Gasteiger partial charge in [0.2, 0.25) is 5.43 Å². The molecule has 0 radical (unpaired) electrons. The van der Waals surface area contributed by atoms with Gasteiger partial charge >= 0.3 is 5.97 Å². The first-order valence-electron chi connectivity index (χ1n) is 9.61. The number of hydrogen-bond acceptors (Lipinski definition) is 4. The van der Waals surface area contributed by atoms with Crippen molar-refractivity contribution in [2.45, 2.75) is 32.4 Å². The molecule has 4 rings (SSSR count). The first-order chi connectivity index (χ1) is 13.3. The molecule has 2 aliphatic heterocycles. The number of aromatic nitrogens is 1. The van der Waals surface area contributed by atoms with E-state index in [4.69, 9.17) is 11.6 Å². The van der Waals surface area contributed by atoms with Crippen LogP contribution in [0, 0.1) is 0 Å². The first kappa shape index (κ1) is 19.0. The number of hydrogen-bond donors (Lipinski definition) is 1. The molecule has 1 N–H and O–H groups in total. The lowest BCUT2D eigenvalue weighted by atomic mass is 9.97. The van der Waals surface area contributed by atoms with E-state index in [0.29, 0.717) is 16.5 Å². The van der Waals surface area contributed by atoms with E-state index in [1.54, 1.807) is 6.07 Å². The van der Waals surface area contributed by atoms with Gasteiger partial charge in [0.25, 0.3) is 0 Å². The summed E-state index contributed by atoms with van der Waals surface area (Å²) in [6.07, 6.45) is 6.40. The third-order valence-corrected chi connectivity index (χ3v) is 6.33. The lowest BCUT2D eigenvalue weighted by Gasteiger charge is -2.40. The number of carboxylic acid groups (broad SMARTS) is 1. The molecule has 1 fully saturated rings. The highest BCUT2D eigenvalue weighted by molar-refractivity contribution is 6.35. The molecule has 1 saturated heterocycles. The maximum atomic E-state index is 12.8. The lowest BCUT2D eigenvalue weighted by molar-refractivity contribution is 0.0694. The van der Waals surface area contributed by atoms with Gasteiger partial charge in [-0.1, -0.05) is 30.7 Å². The minimum absolute atomic E-state index is 0.00846. The van der Waals surface area contributed by atoms with Crippen molar-refractivity contribution in [2.24, 2.45) is 0 Å². The molecule has 2 unspecified atom stereocenters. The van der Waals surface area contributed by atoms with E-state index in [2.05, 4.69) is 29.8 Å². The Morgan fingerprint density at radius 3 is 2.75 bits per heavy atom. The maximum absolute atomic E-state index is 12.8. The molecule has 28 heavy (non-hydrogen) atoms. The van der Waals surface area contributed by atoms with Crippen molar-refractivity contribution in [3.63, 3.8) is 0 Å². The maximum Gasteiger partial charge on any atom is 0.341 e. The van der Waals surface area contributed by atoms with E-state index < -0.39 is 11.4 Å². The van der Waals surface area contributed by atoms with Crippen molar-refractivity contribution in [1.82, 2.24) is 9.47 Å². The summed E-state index contributed by atoms with van der Waals surface area (Å²) in [5, 5.41) is 10.4. The van der Waals surface area contributed by atoms with Crippen LogP contribution in [0.3, 0.4) is 0 Å². The number of carboxylic acids is 1. The van der Waals surface area contributed by atoms with Gasteiger partial charge in [0, 0.05) is 42.8 Å². The van der Waals surface area contributed by atoms with Crippen LogP contribution in [-0.4, -0.2) is 53.3 Å². The summed E-state index contributed by atoms with van der Waals surface area (Å²) in [6.45, 7) is 6.85. The van der Waals surface area contributed by atoms with E-state index in [0.717, 1.165) is 42.8 Å². The van der Waals surface area contributed by atoms with E-state index in [9.17, 15) is 14.7 Å². The molecule has 3 heterocycles. The average molecular weight is 402 g/mol.